The van der Waals surface area contributed by atoms with Crippen molar-refractivity contribution in [3.63, 3.8) is 0 Å². The van der Waals surface area contributed by atoms with Gasteiger partial charge in [0.1, 0.15) is 0 Å². The number of hydrogen-bond acceptors (Lipinski definition) is 3. The molecule has 2 aliphatic heterocycles. The lowest BCUT2D eigenvalue weighted by molar-refractivity contribution is 0.152. The van der Waals surface area contributed by atoms with Crippen molar-refractivity contribution < 1.29 is 0 Å². The zero-order valence-electron chi connectivity index (χ0n) is 13.9. The number of allylic oxidation sites excluding steroid dienone is 2. The van der Waals surface area contributed by atoms with E-state index in [1.54, 1.807) is 0 Å². The van der Waals surface area contributed by atoms with Crippen LogP contribution in [-0.2, 0) is 6.42 Å². The number of rotatable bonds is 1. The van der Waals surface area contributed by atoms with E-state index in [4.69, 9.17) is 0 Å². The van der Waals surface area contributed by atoms with E-state index in [1.165, 1.54) is 26.7 Å². The fourth-order valence-electron chi connectivity index (χ4n) is 4.21. The van der Waals surface area contributed by atoms with Crippen LogP contribution in [0, 0.1) is 6.92 Å². The van der Waals surface area contributed by atoms with Crippen LogP contribution in [0.25, 0.3) is 0 Å². The van der Waals surface area contributed by atoms with E-state index < -0.39 is 0 Å². The maximum absolute atomic E-state index is 3.87. The Balaban J connectivity index is 1.82. The lowest BCUT2D eigenvalue weighted by Crippen LogP contribution is -2.51. The summed E-state index contributed by atoms with van der Waals surface area (Å²) >= 11 is 7.51. The van der Waals surface area contributed by atoms with Gasteiger partial charge >= 0.3 is 0 Å². The van der Waals surface area contributed by atoms with Gasteiger partial charge in [-0.05, 0) is 64.0 Å². The average molecular weight is 453 g/mol. The van der Waals surface area contributed by atoms with Crippen LogP contribution in [0.15, 0.2) is 38.9 Å². The van der Waals surface area contributed by atoms with Crippen molar-refractivity contribution in [2.75, 3.05) is 26.2 Å². The van der Waals surface area contributed by atoms with Crippen LogP contribution in [0.2, 0.25) is 0 Å². The molecule has 3 nitrogen and oxygen atoms in total. The van der Waals surface area contributed by atoms with Crippen LogP contribution in [0.5, 0.6) is 0 Å². The molecule has 1 aromatic carbocycles. The Labute approximate surface area is 160 Å². The molecule has 3 aliphatic rings. The van der Waals surface area contributed by atoms with Crippen LogP contribution < -0.4 is 10.6 Å². The van der Waals surface area contributed by atoms with Gasteiger partial charge in [-0.25, -0.2) is 0 Å². The van der Waals surface area contributed by atoms with E-state index in [2.05, 4.69) is 78.7 Å². The van der Waals surface area contributed by atoms with Crippen molar-refractivity contribution >= 4 is 31.9 Å². The molecule has 2 N–H and O–H groups in total. The number of hydrogen-bond donors (Lipinski definition) is 2. The fraction of sp³-hybridized carbons (Fsp3) is 0.474. The molecule has 1 aromatic rings. The monoisotopic (exact) mass is 451 g/mol. The van der Waals surface area contributed by atoms with Crippen molar-refractivity contribution in [3.05, 3.63) is 55.6 Å². The molecule has 4 rings (SSSR count). The van der Waals surface area contributed by atoms with E-state index in [1.807, 2.05) is 0 Å². The molecule has 1 aliphatic carbocycles. The molecule has 0 saturated carbocycles. The summed E-state index contributed by atoms with van der Waals surface area (Å²) in [5, 5.41) is 7.17. The van der Waals surface area contributed by atoms with Crippen molar-refractivity contribution in [3.8, 4) is 0 Å². The van der Waals surface area contributed by atoms with Crippen molar-refractivity contribution in [1.29, 1.82) is 0 Å². The number of piperazine rings is 1. The minimum absolute atomic E-state index is 0.361. The smallest absolute Gasteiger partial charge is 0.0669 e. The van der Waals surface area contributed by atoms with E-state index in [0.717, 1.165) is 43.5 Å². The SMILES string of the molecule is Cc1ccc2c(c1Br)CCC1=CC(Br)=CNC1C2N1CCNCC1. The summed E-state index contributed by atoms with van der Waals surface area (Å²) in [5.74, 6) is 0. The van der Waals surface area contributed by atoms with Gasteiger partial charge in [0.25, 0.3) is 0 Å². The molecule has 0 aromatic heterocycles. The maximum atomic E-state index is 3.87. The third-order valence-electron chi connectivity index (χ3n) is 5.44. The minimum Gasteiger partial charge on any atom is -0.382 e. The second-order valence-electron chi connectivity index (χ2n) is 6.89. The third-order valence-corrected chi connectivity index (χ3v) is 7.00. The number of nitrogens with zero attached hydrogens (tertiary/aromatic N) is 1. The highest BCUT2D eigenvalue weighted by Gasteiger charge is 2.36. The van der Waals surface area contributed by atoms with Gasteiger partial charge in [0.05, 0.1) is 12.1 Å². The Kier molecular flexibility index (Phi) is 4.87. The first-order chi connectivity index (χ1) is 11.6. The third kappa shape index (κ3) is 3.00. The highest BCUT2D eigenvalue weighted by atomic mass is 79.9. The maximum Gasteiger partial charge on any atom is 0.0669 e. The van der Waals surface area contributed by atoms with Crippen LogP contribution in [-0.4, -0.2) is 37.1 Å². The predicted octanol–water partition coefficient (Wildman–Crippen LogP) is 3.78. The van der Waals surface area contributed by atoms with Gasteiger partial charge in [0.2, 0.25) is 0 Å². The molecule has 24 heavy (non-hydrogen) atoms. The molecule has 0 spiro atoms. The van der Waals surface area contributed by atoms with E-state index in [9.17, 15) is 0 Å². The van der Waals surface area contributed by atoms with Crippen LogP contribution in [0.3, 0.4) is 0 Å². The number of benzene rings is 1. The van der Waals surface area contributed by atoms with Gasteiger partial charge in [-0.15, -0.1) is 0 Å². The molecule has 2 atom stereocenters. The number of aryl methyl sites for hydroxylation is 1. The second kappa shape index (κ2) is 6.94. The molecule has 0 bridgehead atoms. The Morgan fingerprint density at radius 2 is 1.92 bits per heavy atom. The van der Waals surface area contributed by atoms with Crippen LogP contribution in [0.4, 0.5) is 0 Å². The topological polar surface area (TPSA) is 27.3 Å². The summed E-state index contributed by atoms with van der Waals surface area (Å²) in [4.78, 5) is 2.65. The number of dihydropyridines is 1. The molecule has 128 valence electrons. The summed E-state index contributed by atoms with van der Waals surface area (Å²) in [5.41, 5.74) is 5.82. The van der Waals surface area contributed by atoms with Crippen molar-refractivity contribution in [1.82, 2.24) is 15.5 Å². The van der Waals surface area contributed by atoms with Gasteiger partial charge in [-0.2, -0.15) is 0 Å². The van der Waals surface area contributed by atoms with Gasteiger partial charge in [0.15, 0.2) is 0 Å². The minimum atomic E-state index is 0.361. The molecule has 1 fully saturated rings. The molecule has 0 radical (unpaired) electrons. The number of halogens is 2. The Hall–Kier alpha value is -0.620. The summed E-state index contributed by atoms with van der Waals surface area (Å²) in [6, 6.07) is 5.38. The van der Waals surface area contributed by atoms with E-state index >= 15 is 0 Å². The standard InChI is InChI=1S/C19H23Br2N3/c1-12-2-4-16-15(17(12)21)5-3-13-10-14(20)11-23-18(13)19(16)24-8-6-22-7-9-24/h2,4,10-11,18-19,22-23H,3,5-9H2,1H3. The normalized spacial score (nSPS) is 27.3. The second-order valence-corrected chi connectivity index (χ2v) is 8.60. The Bertz CT molecular complexity index is 705. The van der Waals surface area contributed by atoms with Crippen LogP contribution in [0.1, 0.15) is 29.2 Å². The highest BCUT2D eigenvalue weighted by Crippen LogP contribution is 2.41. The fourth-order valence-corrected chi connectivity index (χ4v) is 5.19. The number of nitrogens with one attached hydrogen (secondary N) is 2. The average Bonchev–Trinajstić information content (AvgIpc) is 2.76. The molecule has 2 heterocycles. The van der Waals surface area contributed by atoms with E-state index in [0.29, 0.717) is 12.1 Å². The largest absolute Gasteiger partial charge is 0.382 e. The lowest BCUT2D eigenvalue weighted by atomic mass is 9.90. The van der Waals surface area contributed by atoms with Gasteiger partial charge < -0.3 is 10.6 Å². The highest BCUT2D eigenvalue weighted by molar-refractivity contribution is 9.12. The molecular formula is C19H23Br2N3. The molecular weight excluding hydrogens is 430 g/mol. The lowest BCUT2D eigenvalue weighted by Gasteiger charge is -2.41. The zero-order valence-corrected chi connectivity index (χ0v) is 17.1. The Morgan fingerprint density at radius 3 is 2.71 bits per heavy atom. The summed E-state index contributed by atoms with van der Waals surface area (Å²) < 4.78 is 2.44. The summed E-state index contributed by atoms with van der Waals surface area (Å²) in [6.45, 7) is 6.55. The van der Waals surface area contributed by atoms with Crippen molar-refractivity contribution in [2.45, 2.75) is 31.8 Å². The molecule has 1 saturated heterocycles. The van der Waals surface area contributed by atoms with Gasteiger partial charge in [-0.1, -0.05) is 28.1 Å². The molecule has 0 amide bonds. The molecule has 2 unspecified atom stereocenters. The summed E-state index contributed by atoms with van der Waals surface area (Å²) in [7, 11) is 0. The molecule has 5 heteroatoms. The first-order valence-electron chi connectivity index (χ1n) is 8.70. The summed E-state index contributed by atoms with van der Waals surface area (Å²) in [6.07, 6.45) is 6.64. The van der Waals surface area contributed by atoms with Crippen LogP contribution >= 0.6 is 31.9 Å². The quantitative estimate of drug-likeness (QED) is 0.678. The first kappa shape index (κ1) is 16.8. The Morgan fingerprint density at radius 1 is 1.12 bits per heavy atom. The zero-order chi connectivity index (χ0) is 16.7. The van der Waals surface area contributed by atoms with Gasteiger partial charge in [0, 0.05) is 41.3 Å². The van der Waals surface area contributed by atoms with Gasteiger partial charge in [-0.3, -0.25) is 4.90 Å². The first-order valence-corrected chi connectivity index (χ1v) is 10.3. The predicted molar refractivity (Wildman–Crippen MR) is 106 cm³/mol. The van der Waals surface area contributed by atoms with Crippen molar-refractivity contribution in [2.24, 2.45) is 0 Å². The number of fused-ring (bicyclic) bond motifs is 2. The van der Waals surface area contributed by atoms with E-state index in [-0.39, 0.29) is 0 Å².